The summed E-state index contributed by atoms with van der Waals surface area (Å²) < 4.78 is 71.4. The molecule has 3 nitrogen and oxygen atoms in total. The summed E-state index contributed by atoms with van der Waals surface area (Å²) in [6.07, 6.45) is -11.5. The number of halogens is 6. The van der Waals surface area contributed by atoms with Crippen molar-refractivity contribution in [1.82, 2.24) is 16.2 Å². The van der Waals surface area contributed by atoms with E-state index in [1.54, 1.807) is 16.2 Å². The predicted octanol–water partition coefficient (Wildman–Crippen LogP) is 0.976. The van der Waals surface area contributed by atoms with Crippen molar-refractivity contribution in [3.05, 3.63) is 11.9 Å². The van der Waals surface area contributed by atoms with E-state index in [2.05, 4.69) is 0 Å². The second-order valence-corrected chi connectivity index (χ2v) is 2.47. The second kappa shape index (κ2) is 3.75. The molecule has 82 valence electrons. The van der Waals surface area contributed by atoms with Gasteiger partial charge in [-0.15, -0.1) is 0 Å². The zero-order valence-electron chi connectivity index (χ0n) is 6.42. The number of hydrazine groups is 1. The lowest BCUT2D eigenvalue weighted by atomic mass is 10.4. The van der Waals surface area contributed by atoms with Gasteiger partial charge in [-0.3, -0.25) is 5.32 Å². The van der Waals surface area contributed by atoms with Gasteiger partial charge in [0.15, 0.2) is 12.0 Å². The van der Waals surface area contributed by atoms with Crippen LogP contribution in [0, 0.1) is 0 Å². The molecule has 1 fully saturated rings. The van der Waals surface area contributed by atoms with E-state index < -0.39 is 30.4 Å². The van der Waals surface area contributed by atoms with Gasteiger partial charge in [-0.1, -0.05) is 0 Å². The zero-order chi connectivity index (χ0) is 10.9. The summed E-state index contributed by atoms with van der Waals surface area (Å²) in [4.78, 5) is 0. The molecule has 1 saturated heterocycles. The number of hydrogen-bond donors (Lipinski definition) is 3. The molecule has 1 aliphatic heterocycles. The number of alkyl halides is 3. The van der Waals surface area contributed by atoms with Crippen LogP contribution in [0.3, 0.4) is 0 Å². The summed E-state index contributed by atoms with van der Waals surface area (Å²) in [7, 11) is 0. The summed E-state index contributed by atoms with van der Waals surface area (Å²) in [6, 6.07) is 0. The quantitative estimate of drug-likeness (QED) is 0.577. The third-order valence-electron chi connectivity index (χ3n) is 1.47. The van der Waals surface area contributed by atoms with Crippen molar-refractivity contribution in [3.8, 4) is 0 Å². The molecule has 0 bridgehead atoms. The van der Waals surface area contributed by atoms with E-state index in [0.717, 1.165) is 0 Å². The van der Waals surface area contributed by atoms with Crippen molar-refractivity contribution in [1.29, 1.82) is 0 Å². The topological polar surface area (TPSA) is 36.1 Å². The van der Waals surface area contributed by atoms with Crippen LogP contribution in [0.5, 0.6) is 0 Å². The highest BCUT2D eigenvalue weighted by atomic mass is 19.4. The molecule has 9 heteroatoms. The van der Waals surface area contributed by atoms with E-state index in [9.17, 15) is 26.3 Å². The first kappa shape index (κ1) is 11.3. The highest BCUT2D eigenvalue weighted by Gasteiger charge is 2.45. The van der Waals surface area contributed by atoms with Gasteiger partial charge in [0.2, 0.25) is 0 Å². The molecule has 0 aliphatic carbocycles. The number of nitrogens with one attached hydrogen (secondary N) is 3. The molecule has 0 radical (unpaired) electrons. The van der Waals surface area contributed by atoms with E-state index in [0.29, 0.717) is 0 Å². The van der Waals surface area contributed by atoms with Gasteiger partial charge in [0.05, 0.1) is 0 Å². The molecule has 1 heterocycles. The molecular formula is C5H5F6N3. The van der Waals surface area contributed by atoms with Crippen LogP contribution in [0.1, 0.15) is 0 Å². The highest BCUT2D eigenvalue weighted by molar-refractivity contribution is 5.04. The van der Waals surface area contributed by atoms with Gasteiger partial charge in [0.1, 0.15) is 6.17 Å². The first-order chi connectivity index (χ1) is 6.32. The molecule has 2 atom stereocenters. The van der Waals surface area contributed by atoms with Crippen LogP contribution in [-0.4, -0.2) is 18.5 Å². The Morgan fingerprint density at radius 2 is 1.57 bits per heavy atom. The van der Waals surface area contributed by atoms with Crippen LogP contribution in [-0.2, 0) is 0 Å². The second-order valence-electron chi connectivity index (χ2n) is 2.47. The van der Waals surface area contributed by atoms with Gasteiger partial charge >= 0.3 is 12.3 Å². The molecule has 14 heavy (non-hydrogen) atoms. The summed E-state index contributed by atoms with van der Waals surface area (Å²) >= 11 is 0. The number of rotatable bonds is 1. The largest absolute Gasteiger partial charge is 0.418 e. The van der Waals surface area contributed by atoms with Crippen molar-refractivity contribution < 1.29 is 26.3 Å². The normalized spacial score (nSPS) is 27.9. The van der Waals surface area contributed by atoms with Gasteiger partial charge in [-0.2, -0.15) is 22.0 Å². The molecule has 0 saturated carbocycles. The summed E-state index contributed by atoms with van der Waals surface area (Å²) in [5, 5.41) is 1.55. The molecule has 0 aromatic heterocycles. The fourth-order valence-corrected chi connectivity index (χ4v) is 0.839. The molecular weight excluding hydrogens is 216 g/mol. The number of hydrogen-bond acceptors (Lipinski definition) is 3. The Hall–Kier alpha value is -0.800. The first-order valence-electron chi connectivity index (χ1n) is 3.37. The molecule has 1 aliphatic rings. The maximum atomic E-state index is 12.4. The minimum absolute atomic E-state index is 1.55. The van der Waals surface area contributed by atoms with Gasteiger partial charge < -0.3 is 0 Å². The van der Waals surface area contributed by atoms with Crippen LogP contribution in [0.25, 0.3) is 0 Å². The van der Waals surface area contributed by atoms with Crippen LogP contribution >= 0.6 is 0 Å². The third kappa shape index (κ3) is 2.36. The molecule has 0 spiro atoms. The standard InChI is InChI=1S/C5H5F6N3/c6-1(2(7)8)3-12-4(14-13-3)5(9,10)11/h3-4,12-14H. The first-order valence-corrected chi connectivity index (χ1v) is 3.37. The Labute approximate surface area is 74.1 Å². The van der Waals surface area contributed by atoms with Crippen LogP contribution < -0.4 is 16.2 Å². The fraction of sp³-hybridized carbons (Fsp3) is 0.600. The van der Waals surface area contributed by atoms with Gasteiger partial charge in [0, 0.05) is 0 Å². The Balaban J connectivity index is 2.63. The van der Waals surface area contributed by atoms with E-state index in [1.165, 1.54) is 0 Å². The zero-order valence-corrected chi connectivity index (χ0v) is 6.42. The van der Waals surface area contributed by atoms with Crippen molar-refractivity contribution >= 4 is 0 Å². The van der Waals surface area contributed by atoms with Crippen LogP contribution in [0.4, 0.5) is 26.3 Å². The van der Waals surface area contributed by atoms with E-state index in [-0.39, 0.29) is 0 Å². The lowest BCUT2D eigenvalue weighted by molar-refractivity contribution is -0.158. The smallest absolute Gasteiger partial charge is 0.271 e. The van der Waals surface area contributed by atoms with E-state index >= 15 is 0 Å². The molecule has 0 aromatic rings. The fourth-order valence-electron chi connectivity index (χ4n) is 0.839. The maximum absolute atomic E-state index is 12.4. The maximum Gasteiger partial charge on any atom is 0.418 e. The average molecular weight is 221 g/mol. The SMILES string of the molecule is FC(F)=C(F)C1NNC(C(F)(F)F)N1. The minimum Gasteiger partial charge on any atom is -0.271 e. The van der Waals surface area contributed by atoms with E-state index in [1.807, 2.05) is 0 Å². The lowest BCUT2D eigenvalue weighted by Crippen LogP contribution is -2.46. The van der Waals surface area contributed by atoms with Gasteiger partial charge in [0.25, 0.3) is 0 Å². The highest BCUT2D eigenvalue weighted by Crippen LogP contribution is 2.22. The summed E-state index contributed by atoms with van der Waals surface area (Å²) in [5.74, 6) is -1.97. The average Bonchev–Trinajstić information content (AvgIpc) is 2.49. The van der Waals surface area contributed by atoms with Crippen molar-refractivity contribution in [2.24, 2.45) is 0 Å². The lowest BCUT2D eigenvalue weighted by Gasteiger charge is -2.14. The van der Waals surface area contributed by atoms with E-state index in [4.69, 9.17) is 0 Å². The van der Waals surface area contributed by atoms with Crippen LogP contribution in [0.15, 0.2) is 11.9 Å². The Kier molecular flexibility index (Phi) is 3.02. The third-order valence-corrected chi connectivity index (χ3v) is 1.47. The monoisotopic (exact) mass is 221 g/mol. The molecule has 1 rings (SSSR count). The molecule has 3 N–H and O–H groups in total. The Bertz CT molecular complexity index is 244. The van der Waals surface area contributed by atoms with Crippen LogP contribution in [0.2, 0.25) is 0 Å². The Morgan fingerprint density at radius 1 is 1.00 bits per heavy atom. The summed E-state index contributed by atoms with van der Waals surface area (Å²) in [5.41, 5.74) is 3.29. The summed E-state index contributed by atoms with van der Waals surface area (Å²) in [6.45, 7) is 0. The Morgan fingerprint density at radius 3 is 1.93 bits per heavy atom. The molecule has 0 amide bonds. The molecule has 0 aromatic carbocycles. The van der Waals surface area contributed by atoms with Gasteiger partial charge in [-0.05, 0) is 0 Å². The van der Waals surface area contributed by atoms with Gasteiger partial charge in [-0.25, -0.2) is 15.2 Å². The van der Waals surface area contributed by atoms with Crippen molar-refractivity contribution in [2.75, 3.05) is 0 Å². The van der Waals surface area contributed by atoms with Crippen molar-refractivity contribution in [2.45, 2.75) is 18.5 Å². The molecule has 2 unspecified atom stereocenters. The van der Waals surface area contributed by atoms with Crippen molar-refractivity contribution in [3.63, 3.8) is 0 Å². The predicted molar refractivity (Wildman–Crippen MR) is 33.4 cm³/mol. The minimum atomic E-state index is -4.69.